The number of rotatable bonds is 8. The summed E-state index contributed by atoms with van der Waals surface area (Å²) in [7, 11) is -1.66. The van der Waals surface area contributed by atoms with E-state index < -0.39 is 10.2 Å². The lowest BCUT2D eigenvalue weighted by atomic mass is 10.3. The first-order chi connectivity index (χ1) is 8.56. The summed E-state index contributed by atoms with van der Waals surface area (Å²) in [6.45, 7) is 7.87. The normalized spacial score (nSPS) is 16.6. The van der Waals surface area contributed by atoms with E-state index in [1.807, 2.05) is 0 Å². The molecule has 124 valence electrons. The second-order valence-electron chi connectivity index (χ2n) is 4.67. The van der Waals surface area contributed by atoms with Crippen molar-refractivity contribution >= 4 is 35.0 Å². The van der Waals surface area contributed by atoms with Crippen LogP contribution in [0.2, 0.25) is 0 Å². The van der Waals surface area contributed by atoms with Crippen molar-refractivity contribution in [1.29, 1.82) is 0 Å². The first-order valence-electron chi connectivity index (χ1n) is 6.70. The third-order valence-corrected chi connectivity index (χ3v) is 4.73. The summed E-state index contributed by atoms with van der Waals surface area (Å²) in [6.07, 6.45) is 1.90. The molecule has 0 aromatic heterocycles. The number of unbranched alkanes of at least 4 members (excludes halogenated alkanes) is 1. The summed E-state index contributed by atoms with van der Waals surface area (Å²) in [5, 5.41) is 3.27. The van der Waals surface area contributed by atoms with E-state index in [9.17, 15) is 8.42 Å². The van der Waals surface area contributed by atoms with Crippen molar-refractivity contribution in [2.45, 2.75) is 19.8 Å². The minimum absolute atomic E-state index is 0. The van der Waals surface area contributed by atoms with Crippen LogP contribution in [0.1, 0.15) is 19.8 Å². The molecule has 0 radical (unpaired) electrons. The van der Waals surface area contributed by atoms with Gasteiger partial charge in [-0.2, -0.15) is 12.7 Å². The van der Waals surface area contributed by atoms with Gasteiger partial charge in [-0.1, -0.05) is 13.3 Å². The van der Waals surface area contributed by atoms with E-state index in [0.29, 0.717) is 13.1 Å². The Morgan fingerprint density at radius 1 is 1.25 bits per heavy atom. The smallest absolute Gasteiger partial charge is 0.279 e. The largest absolute Gasteiger partial charge is 0.314 e. The molecule has 0 aromatic rings. The van der Waals surface area contributed by atoms with E-state index >= 15 is 0 Å². The van der Waals surface area contributed by atoms with Gasteiger partial charge in [0, 0.05) is 52.9 Å². The topological polar surface area (TPSA) is 64.7 Å². The minimum Gasteiger partial charge on any atom is -0.314 e. The van der Waals surface area contributed by atoms with Crippen molar-refractivity contribution in [2.24, 2.45) is 0 Å². The Balaban J connectivity index is 0. The van der Waals surface area contributed by atoms with Gasteiger partial charge in [-0.05, 0) is 6.42 Å². The van der Waals surface area contributed by atoms with Gasteiger partial charge in [0.2, 0.25) is 0 Å². The summed E-state index contributed by atoms with van der Waals surface area (Å²) < 4.78 is 27.8. The molecule has 1 aliphatic rings. The van der Waals surface area contributed by atoms with Gasteiger partial charge in [0.15, 0.2) is 0 Å². The Kier molecular flexibility index (Phi) is 13.6. The summed E-state index contributed by atoms with van der Waals surface area (Å²) in [5.41, 5.74) is 0. The van der Waals surface area contributed by atoms with E-state index in [1.54, 1.807) is 7.05 Å². The average molecular weight is 351 g/mol. The van der Waals surface area contributed by atoms with Crippen LogP contribution in [0.15, 0.2) is 0 Å². The second-order valence-corrected chi connectivity index (χ2v) is 6.53. The van der Waals surface area contributed by atoms with Crippen molar-refractivity contribution in [1.82, 2.24) is 19.2 Å². The molecule has 0 atom stereocenters. The lowest BCUT2D eigenvalue weighted by Gasteiger charge is -2.27. The van der Waals surface area contributed by atoms with Gasteiger partial charge in [0.05, 0.1) is 0 Å². The summed E-state index contributed by atoms with van der Waals surface area (Å²) >= 11 is 0. The molecule has 6 nitrogen and oxygen atoms in total. The van der Waals surface area contributed by atoms with Crippen molar-refractivity contribution in [3.05, 3.63) is 0 Å². The molecule has 1 rings (SSSR count). The Bertz CT molecular complexity index is 324. The summed E-state index contributed by atoms with van der Waals surface area (Å²) in [5.74, 6) is 0. The molecule has 0 amide bonds. The number of piperazine rings is 1. The minimum atomic E-state index is -3.29. The monoisotopic (exact) mass is 350 g/mol. The number of halogens is 2. The molecule has 1 aliphatic heterocycles. The van der Waals surface area contributed by atoms with Crippen molar-refractivity contribution in [2.75, 3.05) is 52.9 Å². The second kappa shape index (κ2) is 12.0. The van der Waals surface area contributed by atoms with Gasteiger partial charge >= 0.3 is 0 Å². The number of nitrogens with zero attached hydrogens (tertiary/aromatic N) is 2. The number of hydrogen-bond donors (Lipinski definition) is 2. The zero-order chi connectivity index (χ0) is 13.4. The van der Waals surface area contributed by atoms with E-state index in [2.05, 4.69) is 21.9 Å². The van der Waals surface area contributed by atoms with Crippen LogP contribution in [0.25, 0.3) is 0 Å². The van der Waals surface area contributed by atoms with Crippen LogP contribution in [0.5, 0.6) is 0 Å². The maximum absolute atomic E-state index is 11.9. The van der Waals surface area contributed by atoms with Crippen LogP contribution in [-0.2, 0) is 10.2 Å². The highest BCUT2D eigenvalue weighted by molar-refractivity contribution is 7.87. The molecule has 0 saturated carbocycles. The fourth-order valence-corrected chi connectivity index (χ4v) is 2.82. The molecule has 0 aliphatic carbocycles. The lowest BCUT2D eigenvalue weighted by molar-refractivity contribution is 0.244. The first-order valence-corrected chi connectivity index (χ1v) is 8.14. The predicted octanol–water partition coefficient (Wildman–Crippen LogP) is 0.301. The van der Waals surface area contributed by atoms with Crippen LogP contribution in [0.4, 0.5) is 0 Å². The van der Waals surface area contributed by atoms with E-state index in [-0.39, 0.29) is 24.8 Å². The van der Waals surface area contributed by atoms with E-state index in [4.69, 9.17) is 0 Å². The fourth-order valence-electron chi connectivity index (χ4n) is 1.88. The van der Waals surface area contributed by atoms with Gasteiger partial charge in [0.25, 0.3) is 10.2 Å². The predicted molar refractivity (Wildman–Crippen MR) is 88.3 cm³/mol. The molecular formula is C11H28Cl2N4O2S. The quantitative estimate of drug-likeness (QED) is 0.660. The van der Waals surface area contributed by atoms with Crippen LogP contribution in [0, 0.1) is 0 Å². The maximum atomic E-state index is 11.9. The Labute approximate surface area is 135 Å². The van der Waals surface area contributed by atoms with Gasteiger partial charge in [-0.25, -0.2) is 4.72 Å². The number of hydrogen-bond acceptors (Lipinski definition) is 4. The molecule has 0 aromatic carbocycles. The highest BCUT2D eigenvalue weighted by Gasteiger charge is 2.17. The SMILES string of the molecule is CCCCN(C)S(=O)(=O)NCCN1CCNCC1.Cl.Cl. The van der Waals surface area contributed by atoms with Crippen molar-refractivity contribution in [3.63, 3.8) is 0 Å². The van der Waals surface area contributed by atoms with Crippen molar-refractivity contribution < 1.29 is 8.42 Å². The molecule has 1 fully saturated rings. The Morgan fingerprint density at radius 3 is 2.40 bits per heavy atom. The zero-order valence-electron chi connectivity index (χ0n) is 12.3. The molecule has 0 unspecified atom stereocenters. The molecule has 9 heteroatoms. The molecule has 0 spiro atoms. The van der Waals surface area contributed by atoms with Crippen LogP contribution in [-0.4, -0.2) is 70.5 Å². The number of nitrogens with one attached hydrogen (secondary N) is 2. The van der Waals surface area contributed by atoms with Crippen LogP contribution >= 0.6 is 24.8 Å². The van der Waals surface area contributed by atoms with Gasteiger partial charge < -0.3 is 5.32 Å². The fraction of sp³-hybridized carbons (Fsp3) is 1.00. The third-order valence-electron chi connectivity index (χ3n) is 3.16. The Morgan fingerprint density at radius 2 is 1.85 bits per heavy atom. The van der Waals surface area contributed by atoms with Crippen LogP contribution < -0.4 is 10.0 Å². The third kappa shape index (κ3) is 8.61. The van der Waals surface area contributed by atoms with Crippen LogP contribution in [0.3, 0.4) is 0 Å². The molecule has 1 saturated heterocycles. The van der Waals surface area contributed by atoms with Crippen molar-refractivity contribution in [3.8, 4) is 0 Å². The standard InChI is InChI=1S/C11H26N4O2S.2ClH/c1-3-4-8-14(2)18(16,17)13-7-11-15-9-5-12-6-10-15;;/h12-13H,3-11H2,1-2H3;2*1H. The molecular weight excluding hydrogens is 323 g/mol. The van der Waals surface area contributed by atoms with Gasteiger partial charge in [-0.15, -0.1) is 24.8 Å². The maximum Gasteiger partial charge on any atom is 0.279 e. The lowest BCUT2D eigenvalue weighted by Crippen LogP contribution is -2.47. The Hall–Kier alpha value is 0.370. The average Bonchev–Trinajstić information content (AvgIpc) is 2.37. The molecule has 20 heavy (non-hydrogen) atoms. The highest BCUT2D eigenvalue weighted by atomic mass is 35.5. The first kappa shape index (κ1) is 22.6. The summed E-state index contributed by atoms with van der Waals surface area (Å²) in [6, 6.07) is 0. The van der Waals surface area contributed by atoms with Gasteiger partial charge in [-0.3, -0.25) is 4.90 Å². The highest BCUT2D eigenvalue weighted by Crippen LogP contribution is 1.98. The zero-order valence-corrected chi connectivity index (χ0v) is 14.7. The van der Waals surface area contributed by atoms with E-state index in [0.717, 1.165) is 45.6 Å². The molecule has 2 N–H and O–H groups in total. The molecule has 1 heterocycles. The summed E-state index contributed by atoms with van der Waals surface area (Å²) in [4.78, 5) is 2.27. The van der Waals surface area contributed by atoms with Gasteiger partial charge in [0.1, 0.15) is 0 Å². The molecule has 0 bridgehead atoms. The van der Waals surface area contributed by atoms with E-state index in [1.165, 1.54) is 4.31 Å².